The Bertz CT molecular complexity index is 1040. The van der Waals surface area contributed by atoms with Crippen LogP contribution in [-0.2, 0) is 11.3 Å². The molecule has 0 radical (unpaired) electrons. The number of hydrogen-bond acceptors (Lipinski definition) is 5. The average molecular weight is 420 g/mol. The minimum Gasteiger partial charge on any atom is -0.497 e. The molecule has 3 aromatic rings. The van der Waals surface area contributed by atoms with E-state index in [1.54, 1.807) is 25.4 Å². The third-order valence-electron chi connectivity index (χ3n) is 5.46. The van der Waals surface area contributed by atoms with Crippen molar-refractivity contribution in [3.63, 3.8) is 0 Å². The van der Waals surface area contributed by atoms with Crippen molar-refractivity contribution in [2.45, 2.75) is 19.4 Å². The largest absolute Gasteiger partial charge is 0.497 e. The number of hydrogen-bond donors (Lipinski definition) is 1. The van der Waals surface area contributed by atoms with Gasteiger partial charge >= 0.3 is 0 Å². The molecule has 0 spiro atoms. The Labute approximate surface area is 181 Å². The highest BCUT2D eigenvalue weighted by atomic mass is 19.1. The Morgan fingerprint density at radius 1 is 1.23 bits per heavy atom. The molecule has 4 rings (SSSR count). The number of anilines is 1. The number of carbonyl (C=O) groups excluding carboxylic acids is 1. The minimum atomic E-state index is -0.293. The van der Waals surface area contributed by atoms with Gasteiger partial charge in [-0.05, 0) is 60.9 Å². The van der Waals surface area contributed by atoms with Crippen LogP contribution in [0.3, 0.4) is 0 Å². The van der Waals surface area contributed by atoms with Crippen LogP contribution in [0.1, 0.15) is 18.4 Å². The summed E-state index contributed by atoms with van der Waals surface area (Å²) in [5.41, 5.74) is 1.76. The van der Waals surface area contributed by atoms with Gasteiger partial charge in [0.2, 0.25) is 5.91 Å². The fraction of sp³-hybridized carbons (Fsp3) is 0.292. The van der Waals surface area contributed by atoms with Crippen molar-refractivity contribution in [2.75, 3.05) is 25.1 Å². The minimum absolute atomic E-state index is 0.0420. The summed E-state index contributed by atoms with van der Waals surface area (Å²) in [7, 11) is 1.63. The highest BCUT2D eigenvalue weighted by molar-refractivity contribution is 5.79. The Balaban J connectivity index is 1.40. The Kier molecular flexibility index (Phi) is 6.40. The van der Waals surface area contributed by atoms with E-state index in [-0.39, 0.29) is 17.6 Å². The van der Waals surface area contributed by atoms with Gasteiger partial charge in [0.25, 0.3) is 0 Å². The number of methoxy groups -OCH3 is 1. The van der Waals surface area contributed by atoms with E-state index in [9.17, 15) is 9.18 Å². The van der Waals surface area contributed by atoms with Crippen molar-refractivity contribution in [1.82, 2.24) is 15.3 Å². The van der Waals surface area contributed by atoms with E-state index in [4.69, 9.17) is 4.74 Å². The van der Waals surface area contributed by atoms with Crippen LogP contribution >= 0.6 is 0 Å². The molecule has 1 fully saturated rings. The second-order valence-electron chi connectivity index (χ2n) is 7.60. The number of nitrogens with zero attached hydrogens (tertiary/aromatic N) is 3. The molecule has 1 saturated heterocycles. The molecule has 1 aliphatic heterocycles. The first-order valence-corrected chi connectivity index (χ1v) is 10.4. The smallest absolute Gasteiger partial charge is 0.225 e. The molecule has 1 aromatic heterocycles. The lowest BCUT2D eigenvalue weighted by Gasteiger charge is -2.33. The Hall–Kier alpha value is -3.48. The van der Waals surface area contributed by atoms with Crippen molar-refractivity contribution in [1.29, 1.82) is 0 Å². The zero-order chi connectivity index (χ0) is 21.6. The summed E-state index contributed by atoms with van der Waals surface area (Å²) >= 11 is 0. The molecule has 2 aromatic carbocycles. The number of rotatable bonds is 6. The van der Waals surface area contributed by atoms with Gasteiger partial charge in [0.15, 0.2) is 5.82 Å². The molecule has 0 bridgehead atoms. The molecule has 0 saturated carbocycles. The third-order valence-corrected chi connectivity index (χ3v) is 5.46. The van der Waals surface area contributed by atoms with Crippen LogP contribution in [0.5, 0.6) is 5.75 Å². The molecule has 0 unspecified atom stereocenters. The van der Waals surface area contributed by atoms with Crippen molar-refractivity contribution in [3.8, 4) is 17.1 Å². The maximum Gasteiger partial charge on any atom is 0.225 e. The maximum atomic E-state index is 13.2. The van der Waals surface area contributed by atoms with E-state index in [1.165, 1.54) is 12.1 Å². The van der Waals surface area contributed by atoms with E-state index < -0.39 is 0 Å². The number of amides is 1. The lowest BCUT2D eigenvalue weighted by molar-refractivity contribution is -0.125. The molecule has 31 heavy (non-hydrogen) atoms. The first-order chi connectivity index (χ1) is 15.1. The van der Waals surface area contributed by atoms with Crippen molar-refractivity contribution >= 4 is 11.7 Å². The van der Waals surface area contributed by atoms with E-state index in [2.05, 4.69) is 20.2 Å². The van der Waals surface area contributed by atoms with E-state index in [0.717, 1.165) is 42.1 Å². The van der Waals surface area contributed by atoms with Crippen molar-refractivity contribution in [3.05, 3.63) is 72.2 Å². The van der Waals surface area contributed by atoms with Crippen molar-refractivity contribution < 1.29 is 13.9 Å². The summed E-state index contributed by atoms with van der Waals surface area (Å²) in [6, 6.07) is 15.7. The van der Waals surface area contributed by atoms with Gasteiger partial charge in [0, 0.05) is 31.4 Å². The average Bonchev–Trinajstić information content (AvgIpc) is 2.83. The predicted molar refractivity (Wildman–Crippen MR) is 117 cm³/mol. The highest BCUT2D eigenvalue weighted by Crippen LogP contribution is 2.24. The number of ether oxygens (including phenoxy) is 1. The summed E-state index contributed by atoms with van der Waals surface area (Å²) in [5, 5.41) is 3.05. The van der Waals surface area contributed by atoms with Crippen LogP contribution in [0.2, 0.25) is 0 Å². The maximum absolute atomic E-state index is 13.2. The summed E-state index contributed by atoms with van der Waals surface area (Å²) in [6.07, 6.45) is 3.46. The van der Waals surface area contributed by atoms with Gasteiger partial charge in [0.1, 0.15) is 17.4 Å². The standard InChI is InChI=1S/C24H25FN4O2/c1-31-21-6-2-4-17(14-21)15-27-24(30)19-5-3-13-29(16-19)22-11-12-26-23(28-22)18-7-9-20(25)10-8-18/h2,4,6-12,14,19H,3,5,13,15-16H2,1H3,(H,27,30)/t19-/m0/s1. The fourth-order valence-electron chi connectivity index (χ4n) is 3.78. The molecule has 1 aliphatic rings. The molecule has 7 heteroatoms. The van der Waals surface area contributed by atoms with Gasteiger partial charge in [-0.3, -0.25) is 4.79 Å². The second kappa shape index (κ2) is 9.55. The zero-order valence-electron chi connectivity index (χ0n) is 17.4. The van der Waals surface area contributed by atoms with Crippen LogP contribution in [0.15, 0.2) is 60.8 Å². The topological polar surface area (TPSA) is 67.3 Å². The van der Waals surface area contributed by atoms with Crippen LogP contribution in [0.4, 0.5) is 10.2 Å². The van der Waals surface area contributed by atoms with Gasteiger partial charge < -0.3 is 15.0 Å². The lowest BCUT2D eigenvalue weighted by atomic mass is 9.97. The van der Waals surface area contributed by atoms with Gasteiger partial charge in [-0.1, -0.05) is 12.1 Å². The van der Waals surface area contributed by atoms with Crippen molar-refractivity contribution in [2.24, 2.45) is 5.92 Å². The molecule has 6 nitrogen and oxygen atoms in total. The van der Waals surface area contributed by atoms with Gasteiger partial charge in [-0.25, -0.2) is 14.4 Å². The quantitative estimate of drug-likeness (QED) is 0.657. The molecule has 1 N–H and O–H groups in total. The molecular formula is C24H25FN4O2. The summed E-state index contributed by atoms with van der Waals surface area (Å²) < 4.78 is 18.4. The van der Waals surface area contributed by atoms with Gasteiger partial charge in [-0.15, -0.1) is 0 Å². The molecular weight excluding hydrogens is 395 g/mol. The van der Waals surface area contributed by atoms with Gasteiger partial charge in [-0.2, -0.15) is 0 Å². The summed E-state index contributed by atoms with van der Waals surface area (Å²) in [5.74, 6) is 1.74. The fourth-order valence-corrected chi connectivity index (χ4v) is 3.78. The number of carbonyl (C=O) groups is 1. The summed E-state index contributed by atoms with van der Waals surface area (Å²) in [6.45, 7) is 1.90. The summed E-state index contributed by atoms with van der Waals surface area (Å²) in [4.78, 5) is 23.9. The second-order valence-corrected chi connectivity index (χ2v) is 7.60. The Morgan fingerprint density at radius 2 is 2.06 bits per heavy atom. The predicted octanol–water partition coefficient (Wildman–Crippen LogP) is 3.82. The molecule has 1 atom stereocenters. The van der Waals surface area contributed by atoms with E-state index >= 15 is 0 Å². The normalized spacial score (nSPS) is 16.1. The highest BCUT2D eigenvalue weighted by Gasteiger charge is 2.26. The molecule has 1 amide bonds. The number of aromatic nitrogens is 2. The monoisotopic (exact) mass is 420 g/mol. The van der Waals surface area contributed by atoms with Crippen LogP contribution in [0.25, 0.3) is 11.4 Å². The van der Waals surface area contributed by atoms with E-state index in [1.807, 2.05) is 30.3 Å². The van der Waals surface area contributed by atoms with Gasteiger partial charge in [0.05, 0.1) is 13.0 Å². The number of piperidine rings is 1. The van der Waals surface area contributed by atoms with Crippen LogP contribution in [-0.4, -0.2) is 36.1 Å². The number of nitrogens with one attached hydrogen (secondary N) is 1. The molecule has 160 valence electrons. The van der Waals surface area contributed by atoms with Crippen LogP contribution in [0, 0.1) is 11.7 Å². The van der Waals surface area contributed by atoms with E-state index in [0.29, 0.717) is 18.9 Å². The number of benzene rings is 2. The first kappa shape index (κ1) is 20.8. The number of halogens is 1. The third kappa shape index (κ3) is 5.17. The first-order valence-electron chi connectivity index (χ1n) is 10.4. The molecule has 2 heterocycles. The SMILES string of the molecule is COc1cccc(CNC(=O)[C@H]2CCCN(c3ccnc(-c4ccc(F)cc4)n3)C2)c1. The van der Waals surface area contributed by atoms with Crippen LogP contribution < -0.4 is 15.0 Å². The Morgan fingerprint density at radius 3 is 2.87 bits per heavy atom. The molecule has 0 aliphatic carbocycles. The lowest BCUT2D eigenvalue weighted by Crippen LogP contribution is -2.43. The zero-order valence-corrected chi connectivity index (χ0v) is 17.4.